The van der Waals surface area contributed by atoms with Gasteiger partial charge in [0, 0.05) is 22.5 Å². The standard InChI is InChI=1S/C25H23N5OS/c1-15-9-7-8-12-19(15)23-21-22(18-10-5-4-6-11-18)29-30(24(21)28-20(31)14-32-23)25-26-16(2)13-17(3)27-25/h4-13,23H,14H2,1-3H3,(H,28,31)/t23-/m1/s1. The van der Waals surface area contributed by atoms with Gasteiger partial charge in [-0.1, -0.05) is 54.6 Å². The van der Waals surface area contributed by atoms with Gasteiger partial charge in [0.05, 0.1) is 16.7 Å². The van der Waals surface area contributed by atoms with Crippen molar-refractivity contribution in [1.29, 1.82) is 0 Å². The van der Waals surface area contributed by atoms with Crippen molar-refractivity contribution in [3.05, 3.63) is 88.7 Å². The molecule has 0 unspecified atom stereocenters. The number of benzene rings is 2. The number of carbonyl (C=O) groups excluding carboxylic acids is 1. The SMILES string of the molecule is Cc1cc(C)nc(-n2nc(-c3ccccc3)c3c2NC(=O)CS[C@@H]3c2ccccc2C)n1. The third-order valence-electron chi connectivity index (χ3n) is 5.50. The number of amides is 1. The average molecular weight is 442 g/mol. The van der Waals surface area contributed by atoms with Gasteiger partial charge in [-0.3, -0.25) is 4.79 Å². The molecule has 5 rings (SSSR count). The predicted octanol–water partition coefficient (Wildman–Crippen LogP) is 5.03. The Morgan fingerprint density at radius 1 is 0.969 bits per heavy atom. The van der Waals surface area contributed by atoms with Gasteiger partial charge in [0.15, 0.2) is 0 Å². The highest BCUT2D eigenvalue weighted by atomic mass is 32.2. The first-order chi connectivity index (χ1) is 15.5. The van der Waals surface area contributed by atoms with Crippen LogP contribution in [0, 0.1) is 20.8 Å². The smallest absolute Gasteiger partial charge is 0.252 e. The van der Waals surface area contributed by atoms with E-state index in [1.165, 1.54) is 11.1 Å². The van der Waals surface area contributed by atoms with Crippen LogP contribution in [0.3, 0.4) is 0 Å². The monoisotopic (exact) mass is 441 g/mol. The van der Waals surface area contributed by atoms with Gasteiger partial charge in [-0.05, 0) is 38.0 Å². The Balaban J connectivity index is 1.82. The van der Waals surface area contributed by atoms with Crippen LogP contribution >= 0.6 is 11.8 Å². The molecule has 2 aromatic carbocycles. The average Bonchev–Trinajstić information content (AvgIpc) is 3.05. The summed E-state index contributed by atoms with van der Waals surface area (Å²) in [6.45, 7) is 5.97. The van der Waals surface area contributed by atoms with Crippen molar-refractivity contribution in [2.24, 2.45) is 0 Å². The lowest BCUT2D eigenvalue weighted by Gasteiger charge is -2.18. The minimum atomic E-state index is -0.0579. The van der Waals surface area contributed by atoms with Crippen LogP contribution in [0.4, 0.5) is 5.82 Å². The number of aryl methyl sites for hydroxylation is 3. The Labute approximate surface area is 191 Å². The molecule has 0 fully saturated rings. The molecule has 1 atom stereocenters. The van der Waals surface area contributed by atoms with E-state index in [2.05, 4.69) is 34.3 Å². The van der Waals surface area contributed by atoms with Crippen LogP contribution < -0.4 is 5.32 Å². The van der Waals surface area contributed by atoms with E-state index in [-0.39, 0.29) is 11.2 Å². The van der Waals surface area contributed by atoms with Crippen LogP contribution in [0.1, 0.15) is 33.3 Å². The van der Waals surface area contributed by atoms with E-state index >= 15 is 0 Å². The number of hydrogen-bond donors (Lipinski definition) is 1. The van der Waals surface area contributed by atoms with Crippen molar-refractivity contribution in [2.45, 2.75) is 26.0 Å². The molecule has 0 saturated heterocycles. The van der Waals surface area contributed by atoms with Crippen molar-refractivity contribution in [2.75, 3.05) is 11.1 Å². The number of nitrogens with one attached hydrogen (secondary N) is 1. The maximum absolute atomic E-state index is 12.8. The molecule has 0 bridgehead atoms. The Morgan fingerprint density at radius 2 is 1.66 bits per heavy atom. The van der Waals surface area contributed by atoms with Gasteiger partial charge in [0.25, 0.3) is 5.95 Å². The number of thioether (sulfide) groups is 1. The number of aromatic nitrogens is 4. The molecule has 4 aromatic rings. The summed E-state index contributed by atoms with van der Waals surface area (Å²) in [6, 6.07) is 20.3. The van der Waals surface area contributed by atoms with Crippen LogP contribution in [0.5, 0.6) is 0 Å². The van der Waals surface area contributed by atoms with E-state index in [9.17, 15) is 4.79 Å². The first-order valence-electron chi connectivity index (χ1n) is 10.5. The summed E-state index contributed by atoms with van der Waals surface area (Å²) < 4.78 is 1.69. The Bertz CT molecular complexity index is 1300. The molecule has 1 N–H and O–H groups in total. The number of hydrogen-bond acceptors (Lipinski definition) is 5. The van der Waals surface area contributed by atoms with Gasteiger partial charge < -0.3 is 5.32 Å². The Hall–Kier alpha value is -3.45. The van der Waals surface area contributed by atoms with Crippen LogP contribution in [0.25, 0.3) is 17.2 Å². The van der Waals surface area contributed by atoms with Crippen LogP contribution in [0.2, 0.25) is 0 Å². The Kier molecular flexibility index (Phi) is 5.27. The summed E-state index contributed by atoms with van der Waals surface area (Å²) in [5, 5.41) is 8.00. The van der Waals surface area contributed by atoms with Gasteiger partial charge in [-0.15, -0.1) is 11.8 Å². The first-order valence-corrected chi connectivity index (χ1v) is 11.5. The molecule has 2 aromatic heterocycles. The van der Waals surface area contributed by atoms with Gasteiger partial charge in [0.1, 0.15) is 5.82 Å². The molecule has 1 amide bonds. The molecule has 0 spiro atoms. The van der Waals surface area contributed by atoms with E-state index in [4.69, 9.17) is 5.10 Å². The van der Waals surface area contributed by atoms with Gasteiger partial charge in [-0.25, -0.2) is 9.97 Å². The molecule has 32 heavy (non-hydrogen) atoms. The molecule has 0 aliphatic carbocycles. The summed E-state index contributed by atoms with van der Waals surface area (Å²) in [7, 11) is 0. The van der Waals surface area contributed by atoms with E-state index < -0.39 is 0 Å². The van der Waals surface area contributed by atoms with Crippen LogP contribution in [0.15, 0.2) is 60.7 Å². The zero-order valence-electron chi connectivity index (χ0n) is 18.2. The van der Waals surface area contributed by atoms with Crippen molar-refractivity contribution in [3.63, 3.8) is 0 Å². The van der Waals surface area contributed by atoms with Crippen molar-refractivity contribution in [3.8, 4) is 17.2 Å². The lowest BCUT2D eigenvalue weighted by Crippen LogP contribution is -2.17. The fourth-order valence-corrected chi connectivity index (χ4v) is 5.32. The highest BCUT2D eigenvalue weighted by Gasteiger charge is 2.33. The second-order valence-electron chi connectivity index (χ2n) is 7.94. The van der Waals surface area contributed by atoms with Gasteiger partial charge in [0.2, 0.25) is 5.91 Å². The van der Waals surface area contributed by atoms with Gasteiger partial charge >= 0.3 is 0 Å². The molecular formula is C25H23N5OS. The predicted molar refractivity (Wildman–Crippen MR) is 128 cm³/mol. The lowest BCUT2D eigenvalue weighted by molar-refractivity contribution is -0.113. The highest BCUT2D eigenvalue weighted by Crippen LogP contribution is 2.47. The highest BCUT2D eigenvalue weighted by molar-refractivity contribution is 8.00. The van der Waals surface area contributed by atoms with Gasteiger partial charge in [-0.2, -0.15) is 9.78 Å². The zero-order valence-corrected chi connectivity index (χ0v) is 19.0. The summed E-state index contributed by atoms with van der Waals surface area (Å²) in [6.07, 6.45) is 0. The van der Waals surface area contributed by atoms with E-state index in [1.807, 2.05) is 62.4 Å². The van der Waals surface area contributed by atoms with Crippen molar-refractivity contribution in [1.82, 2.24) is 19.7 Å². The fraction of sp³-hybridized carbons (Fsp3) is 0.200. The first kappa shape index (κ1) is 20.5. The van der Waals surface area contributed by atoms with Crippen molar-refractivity contribution >= 4 is 23.5 Å². The lowest BCUT2D eigenvalue weighted by atomic mass is 9.97. The molecule has 1 aliphatic heterocycles. The quantitative estimate of drug-likeness (QED) is 0.483. The third kappa shape index (κ3) is 3.69. The molecule has 1 aliphatic rings. The fourth-order valence-electron chi connectivity index (χ4n) is 4.09. The molecule has 6 nitrogen and oxygen atoms in total. The number of nitrogens with zero attached hydrogens (tertiary/aromatic N) is 4. The largest absolute Gasteiger partial charge is 0.309 e. The minimum absolute atomic E-state index is 0.0555. The normalized spacial score (nSPS) is 15.7. The number of rotatable bonds is 3. The van der Waals surface area contributed by atoms with Crippen molar-refractivity contribution < 1.29 is 4.79 Å². The maximum atomic E-state index is 12.8. The van der Waals surface area contributed by atoms with Crippen LogP contribution in [-0.2, 0) is 4.79 Å². The maximum Gasteiger partial charge on any atom is 0.252 e. The zero-order chi connectivity index (χ0) is 22.2. The molecule has 3 heterocycles. The summed E-state index contributed by atoms with van der Waals surface area (Å²) >= 11 is 1.62. The summed E-state index contributed by atoms with van der Waals surface area (Å²) in [5.41, 5.74) is 6.84. The minimum Gasteiger partial charge on any atom is -0.309 e. The topological polar surface area (TPSA) is 72.7 Å². The summed E-state index contributed by atoms with van der Waals surface area (Å²) in [4.78, 5) is 22.0. The molecule has 7 heteroatoms. The second-order valence-corrected chi connectivity index (χ2v) is 9.03. The van der Waals surface area contributed by atoms with E-state index in [0.717, 1.165) is 28.2 Å². The number of anilines is 1. The summed E-state index contributed by atoms with van der Waals surface area (Å²) in [5.74, 6) is 1.39. The molecule has 0 radical (unpaired) electrons. The van der Waals surface area contributed by atoms with Crippen LogP contribution in [-0.4, -0.2) is 31.4 Å². The Morgan fingerprint density at radius 3 is 2.38 bits per heavy atom. The second kappa shape index (κ2) is 8.24. The molecule has 0 saturated carbocycles. The molecular weight excluding hydrogens is 418 g/mol. The van der Waals surface area contributed by atoms with E-state index in [0.29, 0.717) is 17.5 Å². The number of fused-ring (bicyclic) bond motifs is 1. The third-order valence-corrected chi connectivity index (χ3v) is 6.75. The molecule has 160 valence electrons. The van der Waals surface area contributed by atoms with E-state index in [1.54, 1.807) is 16.4 Å². The number of carbonyl (C=O) groups is 1.